The minimum absolute atomic E-state index is 0.0969. The predicted molar refractivity (Wildman–Crippen MR) is 112 cm³/mol. The van der Waals surface area contributed by atoms with Gasteiger partial charge in [-0.2, -0.15) is 4.31 Å². The molecule has 1 N–H and O–H groups in total. The Morgan fingerprint density at radius 2 is 1.70 bits per heavy atom. The van der Waals surface area contributed by atoms with E-state index >= 15 is 0 Å². The Kier molecular flexibility index (Phi) is 5.34. The first-order valence-corrected chi connectivity index (χ1v) is 11.5. The third-order valence-electron chi connectivity index (χ3n) is 5.94. The Labute approximate surface area is 179 Å². The molecule has 0 aromatic heterocycles. The van der Waals surface area contributed by atoms with Crippen LogP contribution in [0, 0.1) is 0 Å². The Morgan fingerprint density at radius 1 is 1.07 bits per heavy atom. The van der Waals surface area contributed by atoms with Crippen molar-refractivity contribution >= 4 is 39.2 Å². The van der Waals surface area contributed by atoms with Gasteiger partial charge in [0.2, 0.25) is 15.9 Å². The van der Waals surface area contributed by atoms with E-state index in [1.807, 2.05) is 24.3 Å². The molecule has 0 saturated carbocycles. The number of fused-ring (bicyclic) bond motifs is 2. The number of halogens is 1. The van der Waals surface area contributed by atoms with Gasteiger partial charge in [0, 0.05) is 30.3 Å². The van der Waals surface area contributed by atoms with Gasteiger partial charge in [0.1, 0.15) is 0 Å². The van der Waals surface area contributed by atoms with Gasteiger partial charge in [0.05, 0.1) is 16.7 Å². The Hall–Kier alpha value is -2.42. The number of sulfonamides is 1. The fourth-order valence-electron chi connectivity index (χ4n) is 4.37. The molecule has 9 heteroatoms. The third-order valence-corrected chi connectivity index (χ3v) is 8.11. The number of carbonyl (C=O) groups excluding carboxylic acids is 1. The summed E-state index contributed by atoms with van der Waals surface area (Å²) in [6.45, 7) is 0.509. The number of para-hydroxylation sites is 1. The van der Waals surface area contributed by atoms with Crippen LogP contribution in [0.3, 0.4) is 0 Å². The van der Waals surface area contributed by atoms with Crippen molar-refractivity contribution in [1.82, 2.24) is 4.31 Å². The maximum absolute atomic E-state index is 13.4. The molecule has 4 rings (SSSR count). The highest BCUT2D eigenvalue weighted by Crippen LogP contribution is 2.48. The van der Waals surface area contributed by atoms with Crippen molar-refractivity contribution in [3.63, 3.8) is 0 Å². The molecule has 0 atom stereocenters. The number of amides is 1. The lowest BCUT2D eigenvalue weighted by Gasteiger charge is -2.37. The number of hydrogen-bond acceptors (Lipinski definition) is 4. The molecule has 158 valence electrons. The van der Waals surface area contributed by atoms with Crippen molar-refractivity contribution in [3.8, 4) is 0 Å². The first kappa shape index (κ1) is 20.8. The molecular formula is C21H21ClN2O5S. The lowest BCUT2D eigenvalue weighted by Crippen LogP contribution is -2.50. The SMILES string of the molecule is O=C(O)CCN1C(=O)C2(CCN(S(=O)(=O)c3ccc(Cl)cc3)CC2)c2ccccc21. The Balaban J connectivity index is 1.59. The monoisotopic (exact) mass is 448 g/mol. The van der Waals surface area contributed by atoms with Crippen LogP contribution in [-0.2, 0) is 25.0 Å². The van der Waals surface area contributed by atoms with E-state index in [0.717, 1.165) is 11.3 Å². The molecule has 1 saturated heterocycles. The van der Waals surface area contributed by atoms with Gasteiger partial charge in [-0.05, 0) is 48.7 Å². The summed E-state index contributed by atoms with van der Waals surface area (Å²) >= 11 is 5.86. The van der Waals surface area contributed by atoms with Crippen LogP contribution < -0.4 is 4.90 Å². The Morgan fingerprint density at radius 3 is 2.33 bits per heavy atom. The van der Waals surface area contributed by atoms with Crippen molar-refractivity contribution in [2.45, 2.75) is 29.6 Å². The highest BCUT2D eigenvalue weighted by molar-refractivity contribution is 7.89. The topological polar surface area (TPSA) is 95.0 Å². The van der Waals surface area contributed by atoms with Crippen LogP contribution in [0.15, 0.2) is 53.4 Å². The first-order valence-electron chi connectivity index (χ1n) is 9.65. The smallest absolute Gasteiger partial charge is 0.305 e. The molecule has 2 aliphatic heterocycles. The van der Waals surface area contributed by atoms with E-state index in [2.05, 4.69) is 0 Å². The van der Waals surface area contributed by atoms with E-state index in [9.17, 15) is 18.0 Å². The van der Waals surface area contributed by atoms with Gasteiger partial charge in [-0.3, -0.25) is 9.59 Å². The van der Waals surface area contributed by atoms with Gasteiger partial charge in [-0.25, -0.2) is 8.42 Å². The molecule has 0 bridgehead atoms. The zero-order chi connectivity index (χ0) is 21.5. The summed E-state index contributed by atoms with van der Waals surface area (Å²) in [5.41, 5.74) is 0.753. The number of piperidine rings is 1. The number of rotatable bonds is 5. The minimum Gasteiger partial charge on any atom is -0.481 e. The van der Waals surface area contributed by atoms with Crippen LogP contribution in [0.2, 0.25) is 5.02 Å². The van der Waals surface area contributed by atoms with Crippen LogP contribution in [0.5, 0.6) is 0 Å². The molecule has 1 spiro atoms. The molecule has 30 heavy (non-hydrogen) atoms. The second kappa shape index (κ2) is 7.68. The third kappa shape index (κ3) is 3.38. The average Bonchev–Trinajstić information content (AvgIpc) is 2.95. The van der Waals surface area contributed by atoms with Crippen LogP contribution in [-0.4, -0.2) is 49.3 Å². The van der Waals surface area contributed by atoms with E-state index in [1.165, 1.54) is 33.5 Å². The van der Waals surface area contributed by atoms with E-state index in [0.29, 0.717) is 17.9 Å². The molecular weight excluding hydrogens is 428 g/mol. The molecule has 0 aliphatic carbocycles. The van der Waals surface area contributed by atoms with E-state index in [4.69, 9.17) is 16.7 Å². The van der Waals surface area contributed by atoms with Gasteiger partial charge in [0.25, 0.3) is 0 Å². The number of nitrogens with zero attached hydrogens (tertiary/aromatic N) is 2. The lowest BCUT2D eigenvalue weighted by molar-refractivity contribution is -0.136. The fourth-order valence-corrected chi connectivity index (χ4v) is 5.94. The van der Waals surface area contributed by atoms with Crippen molar-refractivity contribution in [3.05, 3.63) is 59.1 Å². The maximum Gasteiger partial charge on any atom is 0.305 e. The number of carboxylic acids is 1. The molecule has 1 amide bonds. The van der Waals surface area contributed by atoms with Gasteiger partial charge < -0.3 is 10.0 Å². The van der Waals surface area contributed by atoms with Gasteiger partial charge in [-0.15, -0.1) is 0 Å². The van der Waals surface area contributed by atoms with Gasteiger partial charge in [0.15, 0.2) is 0 Å². The summed E-state index contributed by atoms with van der Waals surface area (Å²) in [6.07, 6.45) is 0.547. The quantitative estimate of drug-likeness (QED) is 0.758. The fraction of sp³-hybridized carbons (Fsp3) is 0.333. The summed E-state index contributed by atoms with van der Waals surface area (Å²) in [6, 6.07) is 13.4. The first-order chi connectivity index (χ1) is 14.3. The summed E-state index contributed by atoms with van der Waals surface area (Å²) in [5.74, 6) is -1.11. The average molecular weight is 449 g/mol. The second-order valence-electron chi connectivity index (χ2n) is 7.56. The number of benzene rings is 2. The van der Waals surface area contributed by atoms with Crippen LogP contribution in [0.25, 0.3) is 0 Å². The maximum atomic E-state index is 13.4. The zero-order valence-electron chi connectivity index (χ0n) is 16.1. The minimum atomic E-state index is -3.68. The lowest BCUT2D eigenvalue weighted by atomic mass is 9.74. The van der Waals surface area contributed by atoms with E-state index in [-0.39, 0.29) is 36.9 Å². The van der Waals surface area contributed by atoms with Crippen molar-refractivity contribution in [2.75, 3.05) is 24.5 Å². The van der Waals surface area contributed by atoms with Crippen molar-refractivity contribution < 1.29 is 23.1 Å². The van der Waals surface area contributed by atoms with Crippen molar-refractivity contribution in [1.29, 1.82) is 0 Å². The summed E-state index contributed by atoms with van der Waals surface area (Å²) in [7, 11) is -3.68. The Bertz CT molecular complexity index is 1090. The highest BCUT2D eigenvalue weighted by atomic mass is 35.5. The zero-order valence-corrected chi connectivity index (χ0v) is 17.7. The van der Waals surface area contributed by atoms with Crippen LogP contribution >= 0.6 is 11.6 Å². The van der Waals surface area contributed by atoms with Gasteiger partial charge >= 0.3 is 5.97 Å². The van der Waals surface area contributed by atoms with E-state index in [1.54, 1.807) is 0 Å². The number of aliphatic carboxylic acids is 1. The van der Waals surface area contributed by atoms with Gasteiger partial charge in [-0.1, -0.05) is 29.8 Å². The number of carbonyl (C=O) groups is 2. The van der Waals surface area contributed by atoms with E-state index < -0.39 is 21.4 Å². The number of hydrogen-bond donors (Lipinski definition) is 1. The summed E-state index contributed by atoms with van der Waals surface area (Å²) < 4.78 is 27.4. The van der Waals surface area contributed by atoms with Crippen LogP contribution in [0.1, 0.15) is 24.8 Å². The molecule has 2 aromatic rings. The molecule has 2 heterocycles. The molecule has 2 aromatic carbocycles. The number of carboxylic acid groups (broad SMARTS) is 1. The molecule has 0 radical (unpaired) electrons. The standard InChI is InChI=1S/C21H21ClN2O5S/c22-15-5-7-16(8-6-15)30(28,29)23-13-10-21(11-14-23)17-3-1-2-4-18(17)24(20(21)27)12-9-19(25)26/h1-8H,9-14H2,(H,25,26). The summed E-state index contributed by atoms with van der Waals surface area (Å²) in [5, 5.41) is 9.50. The second-order valence-corrected chi connectivity index (χ2v) is 9.93. The van der Waals surface area contributed by atoms with Crippen molar-refractivity contribution in [2.24, 2.45) is 0 Å². The molecule has 2 aliphatic rings. The summed E-state index contributed by atoms with van der Waals surface area (Å²) in [4.78, 5) is 26.1. The largest absolute Gasteiger partial charge is 0.481 e. The normalized spacial score (nSPS) is 18.6. The highest BCUT2D eigenvalue weighted by Gasteiger charge is 2.52. The molecule has 7 nitrogen and oxygen atoms in total. The van der Waals surface area contributed by atoms with Crippen LogP contribution in [0.4, 0.5) is 5.69 Å². The molecule has 1 fully saturated rings. The number of anilines is 1. The predicted octanol–water partition coefficient (Wildman–Crippen LogP) is 2.88. The molecule has 0 unspecified atom stereocenters.